The molecular formula is C44H75N15O9. The first-order chi connectivity index (χ1) is 32.1. The minimum atomic E-state index is -1.34. The molecule has 8 amide bonds. The Hall–Kier alpha value is -6.72. The summed E-state index contributed by atoms with van der Waals surface area (Å²) in [6.07, 6.45) is 2.74. The SMILES string of the molecule is CCC[C@H](NC(=O)[C@H](CCCN=C(N)N)NC(=O)[C@@H]1CCCN1C(=O)[C@H](CCCN=C(N)N)NC(C)=O)C(=O)N[C@@H](Cc1ccc(O)cc1)C(=O)N(C)[C@@H](CN)C(=O)N[C@@H](CCC(C)C)C(N)=O. The molecule has 24 nitrogen and oxygen atoms in total. The number of carbonyl (C=O) groups excluding carboxylic acids is 8. The van der Waals surface area contributed by atoms with Crippen LogP contribution in [0.4, 0.5) is 0 Å². The number of nitrogens with two attached hydrogens (primary N) is 6. The molecule has 1 saturated heterocycles. The Balaban J connectivity index is 2.41. The van der Waals surface area contributed by atoms with Gasteiger partial charge in [-0.25, -0.2) is 0 Å². The molecule has 18 N–H and O–H groups in total. The molecule has 1 aliphatic rings. The molecule has 0 aromatic heterocycles. The summed E-state index contributed by atoms with van der Waals surface area (Å²) in [6, 6.07) is -2.18. The lowest BCUT2D eigenvalue weighted by Gasteiger charge is -2.32. The summed E-state index contributed by atoms with van der Waals surface area (Å²) < 4.78 is 0. The fraction of sp³-hybridized carbons (Fsp3) is 0.636. The predicted octanol–water partition coefficient (Wildman–Crippen LogP) is -3.02. The first-order valence-electron chi connectivity index (χ1n) is 23.0. The molecule has 24 heteroatoms. The van der Waals surface area contributed by atoms with Crippen molar-refractivity contribution in [3.8, 4) is 5.75 Å². The van der Waals surface area contributed by atoms with Crippen molar-refractivity contribution in [2.24, 2.45) is 50.3 Å². The highest BCUT2D eigenvalue weighted by molar-refractivity contribution is 5.97. The van der Waals surface area contributed by atoms with Gasteiger partial charge >= 0.3 is 0 Å². The standard InChI is InChI=1S/C44H75N15O9/c1-6-10-30(37(63)57-33(23-27-15-17-28(61)18-16-27)41(67)58(5)35(24-45)40(66)54-29(36(46)62)19-14-25(2)3)55-38(64)31(11-7-20-51-43(47)48)56-39(65)34-13-9-22-59(34)42(68)32(53-26(4)60)12-8-21-52-44(49)50/h15-18,25,29-35,61H,6-14,19-24,45H2,1-5H3,(H2,46,62)(H,53,60)(H,54,66)(H,55,64)(H,56,65)(H,57,63)(H4,47,48,51)(H4,49,50,52)/t29-,30-,31-,32-,33-,34-,35-/m0/s1. The Labute approximate surface area is 397 Å². The molecule has 7 atom stereocenters. The number of hydrogen-bond acceptors (Lipinski definition) is 12. The maximum atomic E-state index is 14.3. The molecule has 0 spiro atoms. The Morgan fingerprint density at radius 2 is 1.28 bits per heavy atom. The molecule has 1 aromatic carbocycles. The van der Waals surface area contributed by atoms with Crippen LogP contribution in [-0.2, 0) is 44.8 Å². The number of carbonyl (C=O) groups is 8. The molecule has 0 bridgehead atoms. The number of benzene rings is 1. The van der Waals surface area contributed by atoms with Crippen LogP contribution in [0, 0.1) is 5.92 Å². The zero-order chi connectivity index (χ0) is 51.1. The van der Waals surface area contributed by atoms with Crippen LogP contribution in [0.15, 0.2) is 34.3 Å². The third-order valence-corrected chi connectivity index (χ3v) is 11.3. The van der Waals surface area contributed by atoms with Crippen LogP contribution in [0.5, 0.6) is 5.75 Å². The van der Waals surface area contributed by atoms with Crippen molar-refractivity contribution in [3.63, 3.8) is 0 Å². The van der Waals surface area contributed by atoms with E-state index < -0.39 is 89.6 Å². The summed E-state index contributed by atoms with van der Waals surface area (Å²) in [5, 5.41) is 23.4. The Bertz CT molecular complexity index is 1920. The van der Waals surface area contributed by atoms with Crippen molar-refractivity contribution in [2.45, 2.75) is 141 Å². The molecule has 1 aliphatic heterocycles. The lowest BCUT2D eigenvalue weighted by molar-refractivity contribution is -0.143. The van der Waals surface area contributed by atoms with Gasteiger partial charge in [0.05, 0.1) is 0 Å². The second-order valence-corrected chi connectivity index (χ2v) is 17.3. The largest absolute Gasteiger partial charge is 0.508 e. The molecule has 1 fully saturated rings. The number of likely N-dealkylation sites (tertiary alicyclic amines) is 1. The van der Waals surface area contributed by atoms with Gasteiger partial charge < -0.3 is 75.9 Å². The minimum Gasteiger partial charge on any atom is -0.508 e. The highest BCUT2D eigenvalue weighted by Gasteiger charge is 2.40. The molecule has 1 heterocycles. The number of primary amides is 1. The molecule has 68 heavy (non-hydrogen) atoms. The molecule has 380 valence electrons. The Morgan fingerprint density at radius 1 is 0.735 bits per heavy atom. The number of amides is 8. The van der Waals surface area contributed by atoms with Crippen LogP contribution in [-0.4, -0.2) is 150 Å². The predicted molar refractivity (Wildman–Crippen MR) is 255 cm³/mol. The van der Waals surface area contributed by atoms with Crippen molar-refractivity contribution in [3.05, 3.63) is 29.8 Å². The minimum absolute atomic E-state index is 0.0121. The highest BCUT2D eigenvalue weighted by atomic mass is 16.3. The summed E-state index contributed by atoms with van der Waals surface area (Å²) in [5.41, 5.74) is 34.0. The third-order valence-electron chi connectivity index (χ3n) is 11.3. The normalized spacial score (nSPS) is 15.9. The fourth-order valence-electron chi connectivity index (χ4n) is 7.61. The van der Waals surface area contributed by atoms with Crippen molar-refractivity contribution in [2.75, 3.05) is 33.2 Å². The first-order valence-corrected chi connectivity index (χ1v) is 23.0. The number of phenols is 1. The van der Waals surface area contributed by atoms with Crippen molar-refractivity contribution < 1.29 is 43.5 Å². The number of rotatable bonds is 29. The highest BCUT2D eigenvalue weighted by Crippen LogP contribution is 2.21. The number of phenolic OH excluding ortho intramolecular Hbond substituents is 1. The van der Waals surface area contributed by atoms with E-state index in [0.29, 0.717) is 31.2 Å². The summed E-state index contributed by atoms with van der Waals surface area (Å²) in [5.74, 6) is -5.43. The van der Waals surface area contributed by atoms with Gasteiger partial charge in [-0.2, -0.15) is 0 Å². The zero-order valence-electron chi connectivity index (χ0n) is 40.0. The van der Waals surface area contributed by atoms with Crippen LogP contribution in [0.2, 0.25) is 0 Å². The number of nitrogens with one attached hydrogen (secondary N) is 5. The van der Waals surface area contributed by atoms with E-state index in [1.165, 1.54) is 31.0 Å². The average Bonchev–Trinajstić information content (AvgIpc) is 3.77. The van der Waals surface area contributed by atoms with E-state index in [1.54, 1.807) is 19.1 Å². The number of guanidine groups is 2. The van der Waals surface area contributed by atoms with E-state index in [-0.39, 0.29) is 94.7 Å². The number of aliphatic imine (C=N–C) groups is 2. The van der Waals surface area contributed by atoms with Gasteiger partial charge in [-0.1, -0.05) is 39.3 Å². The van der Waals surface area contributed by atoms with Crippen LogP contribution < -0.4 is 61.0 Å². The van der Waals surface area contributed by atoms with Crippen LogP contribution in [0.25, 0.3) is 0 Å². The molecule has 0 aliphatic carbocycles. The summed E-state index contributed by atoms with van der Waals surface area (Å²) >= 11 is 0. The van der Waals surface area contributed by atoms with Crippen molar-refractivity contribution >= 4 is 59.2 Å². The van der Waals surface area contributed by atoms with Crippen LogP contribution in [0.1, 0.15) is 97.5 Å². The summed E-state index contributed by atoms with van der Waals surface area (Å²) in [7, 11) is 1.33. The summed E-state index contributed by atoms with van der Waals surface area (Å²) in [4.78, 5) is 119. The van der Waals surface area contributed by atoms with Gasteiger partial charge in [-0.15, -0.1) is 0 Å². The molecule has 0 radical (unpaired) electrons. The van der Waals surface area contributed by atoms with Gasteiger partial charge in [0, 0.05) is 46.6 Å². The van der Waals surface area contributed by atoms with E-state index in [2.05, 4.69) is 36.6 Å². The third kappa shape index (κ3) is 19.6. The van der Waals surface area contributed by atoms with Crippen molar-refractivity contribution in [1.82, 2.24) is 36.4 Å². The summed E-state index contributed by atoms with van der Waals surface area (Å²) in [6.45, 7) is 7.12. The van der Waals surface area contributed by atoms with Gasteiger partial charge in [-0.3, -0.25) is 48.3 Å². The molecular weight excluding hydrogens is 883 g/mol. The first kappa shape index (κ1) is 57.4. The van der Waals surface area contributed by atoms with E-state index in [4.69, 9.17) is 34.4 Å². The average molecular weight is 958 g/mol. The monoisotopic (exact) mass is 958 g/mol. The molecule has 2 rings (SSSR count). The Kier molecular flexibility index (Phi) is 24.6. The van der Waals surface area contributed by atoms with E-state index in [9.17, 15) is 43.5 Å². The second-order valence-electron chi connectivity index (χ2n) is 17.3. The van der Waals surface area contributed by atoms with Gasteiger partial charge in [0.1, 0.15) is 48.0 Å². The molecule has 0 unspecified atom stereocenters. The van der Waals surface area contributed by atoms with E-state index >= 15 is 0 Å². The van der Waals surface area contributed by atoms with E-state index in [1.807, 2.05) is 13.8 Å². The smallest absolute Gasteiger partial charge is 0.245 e. The Morgan fingerprint density at radius 3 is 1.79 bits per heavy atom. The lowest BCUT2D eigenvalue weighted by Crippen LogP contribution is -2.61. The van der Waals surface area contributed by atoms with Gasteiger partial charge in [0.25, 0.3) is 0 Å². The number of hydrogen-bond donors (Lipinski definition) is 12. The number of aromatic hydroxyl groups is 1. The lowest BCUT2D eigenvalue weighted by atomic mass is 10.0. The van der Waals surface area contributed by atoms with Gasteiger partial charge in [0.15, 0.2) is 11.9 Å². The topological polar surface area (TPSA) is 404 Å². The number of likely N-dealkylation sites (N-methyl/N-ethyl adjacent to an activating group) is 1. The van der Waals surface area contributed by atoms with Crippen molar-refractivity contribution in [1.29, 1.82) is 0 Å². The number of nitrogens with zero attached hydrogens (tertiary/aromatic N) is 4. The second kappa shape index (κ2) is 29.1. The fourth-order valence-corrected chi connectivity index (χ4v) is 7.61. The van der Waals surface area contributed by atoms with E-state index in [0.717, 1.165) is 4.90 Å². The van der Waals surface area contributed by atoms with Crippen LogP contribution in [0.3, 0.4) is 0 Å². The quantitative estimate of drug-likeness (QED) is 0.0216. The zero-order valence-corrected chi connectivity index (χ0v) is 40.0. The molecule has 1 aromatic rings. The van der Waals surface area contributed by atoms with Crippen LogP contribution >= 0.6 is 0 Å². The van der Waals surface area contributed by atoms with Gasteiger partial charge in [0.2, 0.25) is 47.3 Å². The molecule has 0 saturated carbocycles. The maximum absolute atomic E-state index is 14.3. The van der Waals surface area contributed by atoms with Gasteiger partial charge in [-0.05, 0) is 81.4 Å². The maximum Gasteiger partial charge on any atom is 0.245 e.